The van der Waals surface area contributed by atoms with Crippen molar-refractivity contribution >= 4 is 11.8 Å². The van der Waals surface area contributed by atoms with Crippen molar-refractivity contribution in [3.63, 3.8) is 0 Å². The fourth-order valence-corrected chi connectivity index (χ4v) is 2.27. The molecule has 2 heterocycles. The summed E-state index contributed by atoms with van der Waals surface area (Å²) in [4.78, 5) is 18.5. The van der Waals surface area contributed by atoms with Crippen molar-refractivity contribution in [3.05, 3.63) is 23.9 Å². The van der Waals surface area contributed by atoms with Crippen LogP contribution in [0.5, 0.6) is 0 Å². The monoisotopic (exact) mass is 277 g/mol. The molecule has 0 aromatic carbocycles. The number of hydrogen-bond donors (Lipinski definition) is 1. The van der Waals surface area contributed by atoms with Gasteiger partial charge in [-0.1, -0.05) is 6.07 Å². The zero-order valence-electron chi connectivity index (χ0n) is 12.3. The molecule has 110 valence electrons. The van der Waals surface area contributed by atoms with Gasteiger partial charge < -0.3 is 10.1 Å². The van der Waals surface area contributed by atoms with Crippen molar-refractivity contribution in [2.45, 2.75) is 32.7 Å². The normalized spacial score (nSPS) is 15.6. The molecule has 1 saturated heterocycles. The van der Waals surface area contributed by atoms with E-state index >= 15 is 0 Å². The van der Waals surface area contributed by atoms with E-state index in [9.17, 15) is 4.79 Å². The highest BCUT2D eigenvalue weighted by Gasteiger charge is 2.13. The van der Waals surface area contributed by atoms with Crippen LogP contribution in [0.15, 0.2) is 18.2 Å². The maximum Gasteiger partial charge on any atom is 0.357 e. The van der Waals surface area contributed by atoms with Gasteiger partial charge in [0.05, 0.1) is 0 Å². The molecule has 2 rings (SSSR count). The molecule has 1 aromatic rings. The Hall–Kier alpha value is -1.62. The lowest BCUT2D eigenvalue weighted by Crippen LogP contribution is -2.25. The Kier molecular flexibility index (Phi) is 5.35. The van der Waals surface area contributed by atoms with Gasteiger partial charge >= 0.3 is 5.97 Å². The highest BCUT2D eigenvalue weighted by atomic mass is 16.5. The van der Waals surface area contributed by atoms with E-state index in [1.807, 2.05) is 26.0 Å². The second-order valence-electron chi connectivity index (χ2n) is 5.39. The molecule has 1 aliphatic rings. The Morgan fingerprint density at radius 3 is 2.85 bits per heavy atom. The minimum Gasteiger partial charge on any atom is -0.460 e. The van der Waals surface area contributed by atoms with Crippen molar-refractivity contribution < 1.29 is 9.53 Å². The fraction of sp³-hybridized carbons (Fsp3) is 0.600. The summed E-state index contributed by atoms with van der Waals surface area (Å²) in [5.41, 5.74) is 0.358. The summed E-state index contributed by atoms with van der Waals surface area (Å²) < 4.78 is 5.28. The van der Waals surface area contributed by atoms with Crippen LogP contribution in [0.2, 0.25) is 0 Å². The molecule has 0 spiro atoms. The number of ether oxygens (including phenoxy) is 1. The Morgan fingerprint density at radius 2 is 2.15 bits per heavy atom. The lowest BCUT2D eigenvalue weighted by molar-refractivity contribution is 0.0465. The molecule has 5 heteroatoms. The van der Waals surface area contributed by atoms with Gasteiger partial charge in [0.2, 0.25) is 0 Å². The first kappa shape index (κ1) is 14.8. The molecule has 1 fully saturated rings. The van der Waals surface area contributed by atoms with Gasteiger partial charge in [-0.2, -0.15) is 0 Å². The molecule has 0 amide bonds. The van der Waals surface area contributed by atoms with E-state index in [0.29, 0.717) is 18.1 Å². The predicted octanol–water partition coefficient (Wildman–Crippen LogP) is 2.15. The molecule has 1 aromatic heterocycles. The van der Waals surface area contributed by atoms with Gasteiger partial charge in [0.15, 0.2) is 5.69 Å². The standard InChI is InChI=1S/C15H23N3O2/c1-12(2)16-14-7-5-6-13(17-14)15(19)20-11-10-18-8-3-4-9-18/h5-7,12H,3-4,8-11H2,1-2H3,(H,16,17). The number of hydrogen-bond acceptors (Lipinski definition) is 5. The Balaban J connectivity index is 1.81. The summed E-state index contributed by atoms with van der Waals surface area (Å²) in [6, 6.07) is 5.63. The van der Waals surface area contributed by atoms with Gasteiger partial charge in [0, 0.05) is 12.6 Å². The van der Waals surface area contributed by atoms with Gasteiger partial charge in [-0.3, -0.25) is 4.90 Å². The molecule has 0 bridgehead atoms. The zero-order chi connectivity index (χ0) is 14.4. The summed E-state index contributed by atoms with van der Waals surface area (Å²) in [7, 11) is 0. The maximum absolute atomic E-state index is 11.9. The summed E-state index contributed by atoms with van der Waals surface area (Å²) in [6.45, 7) is 7.54. The van der Waals surface area contributed by atoms with Crippen LogP contribution in [0.3, 0.4) is 0 Å². The third-order valence-corrected chi connectivity index (χ3v) is 3.23. The maximum atomic E-state index is 11.9. The smallest absolute Gasteiger partial charge is 0.357 e. The van der Waals surface area contributed by atoms with Crippen molar-refractivity contribution in [1.29, 1.82) is 0 Å². The molecule has 5 nitrogen and oxygen atoms in total. The minimum atomic E-state index is -0.350. The minimum absolute atomic E-state index is 0.281. The average Bonchev–Trinajstić information content (AvgIpc) is 2.91. The van der Waals surface area contributed by atoms with Gasteiger partial charge in [0.25, 0.3) is 0 Å². The third-order valence-electron chi connectivity index (χ3n) is 3.23. The van der Waals surface area contributed by atoms with E-state index in [1.54, 1.807) is 6.07 Å². The molecule has 0 saturated carbocycles. The number of esters is 1. The van der Waals surface area contributed by atoms with E-state index in [-0.39, 0.29) is 12.0 Å². The molecule has 0 unspecified atom stereocenters. The van der Waals surface area contributed by atoms with Crippen LogP contribution in [0.25, 0.3) is 0 Å². The summed E-state index contributed by atoms with van der Waals surface area (Å²) >= 11 is 0. The Labute approximate surface area is 120 Å². The lowest BCUT2D eigenvalue weighted by Gasteiger charge is -2.14. The van der Waals surface area contributed by atoms with Crippen LogP contribution >= 0.6 is 0 Å². The average molecular weight is 277 g/mol. The molecule has 0 atom stereocenters. The van der Waals surface area contributed by atoms with Crippen molar-refractivity contribution in [2.24, 2.45) is 0 Å². The van der Waals surface area contributed by atoms with E-state index in [2.05, 4.69) is 15.2 Å². The number of rotatable bonds is 6. The van der Waals surface area contributed by atoms with Crippen LogP contribution in [-0.4, -0.2) is 48.1 Å². The fourth-order valence-electron chi connectivity index (χ4n) is 2.27. The lowest BCUT2D eigenvalue weighted by atomic mass is 10.3. The van der Waals surface area contributed by atoms with Crippen molar-refractivity contribution in [3.8, 4) is 0 Å². The Morgan fingerprint density at radius 1 is 1.40 bits per heavy atom. The number of carbonyl (C=O) groups excluding carboxylic acids is 1. The number of pyridine rings is 1. The van der Waals surface area contributed by atoms with Crippen LogP contribution in [0.4, 0.5) is 5.82 Å². The van der Waals surface area contributed by atoms with Crippen molar-refractivity contribution in [1.82, 2.24) is 9.88 Å². The van der Waals surface area contributed by atoms with Gasteiger partial charge in [-0.25, -0.2) is 9.78 Å². The number of likely N-dealkylation sites (tertiary alicyclic amines) is 1. The second-order valence-corrected chi connectivity index (χ2v) is 5.39. The SMILES string of the molecule is CC(C)Nc1cccc(C(=O)OCCN2CCCC2)n1. The third kappa shape index (κ3) is 4.49. The van der Waals surface area contributed by atoms with E-state index < -0.39 is 0 Å². The molecular weight excluding hydrogens is 254 g/mol. The van der Waals surface area contributed by atoms with Gasteiger partial charge in [-0.05, 0) is 51.9 Å². The largest absolute Gasteiger partial charge is 0.460 e. The molecule has 0 aliphatic carbocycles. The number of carbonyl (C=O) groups is 1. The summed E-state index contributed by atoms with van der Waals surface area (Å²) in [6.07, 6.45) is 2.50. The molecule has 1 aliphatic heterocycles. The summed E-state index contributed by atoms with van der Waals surface area (Å²) in [5, 5.41) is 3.17. The van der Waals surface area contributed by atoms with Crippen LogP contribution < -0.4 is 5.32 Å². The van der Waals surface area contributed by atoms with Gasteiger partial charge in [0.1, 0.15) is 12.4 Å². The predicted molar refractivity (Wildman–Crippen MR) is 79.0 cm³/mol. The van der Waals surface area contributed by atoms with Crippen LogP contribution in [0.1, 0.15) is 37.2 Å². The highest BCUT2D eigenvalue weighted by Crippen LogP contribution is 2.09. The topological polar surface area (TPSA) is 54.5 Å². The highest BCUT2D eigenvalue weighted by molar-refractivity contribution is 5.87. The molecule has 0 radical (unpaired) electrons. The first-order valence-corrected chi connectivity index (χ1v) is 7.28. The van der Waals surface area contributed by atoms with E-state index in [1.165, 1.54) is 12.8 Å². The van der Waals surface area contributed by atoms with Gasteiger partial charge in [-0.15, -0.1) is 0 Å². The molecular formula is C15H23N3O2. The number of aromatic nitrogens is 1. The summed E-state index contributed by atoms with van der Waals surface area (Å²) in [5.74, 6) is 0.352. The number of nitrogens with zero attached hydrogens (tertiary/aromatic N) is 2. The molecule has 20 heavy (non-hydrogen) atoms. The number of anilines is 1. The second kappa shape index (κ2) is 7.24. The van der Waals surface area contributed by atoms with E-state index in [4.69, 9.17) is 4.74 Å². The van der Waals surface area contributed by atoms with Crippen LogP contribution in [0, 0.1) is 0 Å². The molecule has 1 N–H and O–H groups in total. The Bertz CT molecular complexity index is 442. The van der Waals surface area contributed by atoms with Crippen LogP contribution in [-0.2, 0) is 4.74 Å². The number of nitrogens with one attached hydrogen (secondary N) is 1. The first-order chi connectivity index (χ1) is 9.65. The quantitative estimate of drug-likeness (QED) is 0.808. The van der Waals surface area contributed by atoms with E-state index in [0.717, 1.165) is 19.6 Å². The van der Waals surface area contributed by atoms with Crippen molar-refractivity contribution in [2.75, 3.05) is 31.6 Å². The zero-order valence-corrected chi connectivity index (χ0v) is 12.3. The first-order valence-electron chi connectivity index (χ1n) is 7.28.